The molecule has 0 aliphatic rings. The number of aryl methyl sites for hydroxylation is 2. The highest BCUT2D eigenvalue weighted by Gasteiger charge is 2.13. The van der Waals surface area contributed by atoms with Crippen molar-refractivity contribution in [2.24, 2.45) is 0 Å². The number of aromatic nitrogens is 2. The highest BCUT2D eigenvalue weighted by Crippen LogP contribution is 2.15. The maximum absolute atomic E-state index is 11.0. The summed E-state index contributed by atoms with van der Waals surface area (Å²) in [5.41, 5.74) is 3.00. The van der Waals surface area contributed by atoms with Gasteiger partial charge in [-0.25, -0.2) is 0 Å². The van der Waals surface area contributed by atoms with Gasteiger partial charge < -0.3 is 5.21 Å². The predicted octanol–water partition coefficient (Wildman–Crippen LogP) is 1.08. The van der Waals surface area contributed by atoms with Crippen LogP contribution in [0.2, 0.25) is 0 Å². The Balaban J connectivity index is 2.98. The van der Waals surface area contributed by atoms with Crippen molar-refractivity contribution in [1.29, 1.82) is 0 Å². The summed E-state index contributed by atoms with van der Waals surface area (Å²) in [5.74, 6) is 0. The Hall–Kier alpha value is -1.58. The van der Waals surface area contributed by atoms with Crippen molar-refractivity contribution in [3.63, 3.8) is 0 Å². The topological polar surface area (TPSA) is 53.0 Å². The van der Waals surface area contributed by atoms with Crippen molar-refractivity contribution in [1.82, 2.24) is 5.16 Å². The van der Waals surface area contributed by atoms with Crippen LogP contribution < -0.4 is 4.90 Å². The van der Waals surface area contributed by atoms with Crippen LogP contribution in [-0.4, -0.2) is 5.16 Å². The fourth-order valence-electron chi connectivity index (χ4n) is 1.25. The van der Waals surface area contributed by atoms with E-state index in [1.165, 1.54) is 0 Å². The van der Waals surface area contributed by atoms with E-state index in [1.807, 2.05) is 26.0 Å². The van der Waals surface area contributed by atoms with Gasteiger partial charge in [-0.3, -0.25) is 4.63 Å². The minimum Gasteiger partial charge on any atom is -0.359 e. The van der Waals surface area contributed by atoms with Crippen LogP contribution in [0.15, 0.2) is 16.8 Å². The largest absolute Gasteiger partial charge is 0.359 e. The minimum absolute atomic E-state index is 0.442. The van der Waals surface area contributed by atoms with Crippen LogP contribution in [0.5, 0.6) is 0 Å². The average molecular weight is 164 g/mol. The first-order valence-electron chi connectivity index (χ1n) is 3.66. The van der Waals surface area contributed by atoms with E-state index in [0.29, 0.717) is 15.9 Å². The zero-order valence-corrected chi connectivity index (χ0v) is 6.87. The molecule has 0 radical (unpaired) electrons. The highest BCUT2D eigenvalue weighted by atomic mass is 16.8. The molecule has 2 rings (SSSR count). The number of benzene rings is 1. The smallest absolute Gasteiger partial charge is 0.251 e. The third kappa shape index (κ3) is 0.777. The lowest BCUT2D eigenvalue weighted by atomic mass is 10.1. The van der Waals surface area contributed by atoms with Crippen molar-refractivity contribution in [2.75, 3.05) is 0 Å². The number of hydrogen-bond acceptors (Lipinski definition) is 3. The van der Waals surface area contributed by atoms with Crippen LogP contribution in [0, 0.1) is 19.1 Å². The highest BCUT2D eigenvalue weighted by molar-refractivity contribution is 5.77. The molecular formula is C8H8N2O2. The molecule has 1 aromatic heterocycles. The Morgan fingerprint density at radius 1 is 1.33 bits per heavy atom. The van der Waals surface area contributed by atoms with Crippen molar-refractivity contribution in [3.05, 3.63) is 28.5 Å². The SMILES string of the molecule is Cc1ccc(C)c2c1no[n+]2[O-]. The third-order valence-corrected chi connectivity index (χ3v) is 1.94. The summed E-state index contributed by atoms with van der Waals surface area (Å²) < 4.78 is 4.49. The lowest BCUT2D eigenvalue weighted by Gasteiger charge is -1.93. The van der Waals surface area contributed by atoms with E-state index in [9.17, 15) is 5.21 Å². The van der Waals surface area contributed by atoms with Crippen LogP contribution in [0.1, 0.15) is 11.1 Å². The zero-order valence-electron chi connectivity index (χ0n) is 6.87. The second-order valence-electron chi connectivity index (χ2n) is 2.83. The second kappa shape index (κ2) is 2.20. The van der Waals surface area contributed by atoms with E-state index in [1.54, 1.807) is 0 Å². The van der Waals surface area contributed by atoms with E-state index in [4.69, 9.17) is 0 Å². The number of hydrogen-bond donors (Lipinski definition) is 0. The summed E-state index contributed by atoms with van der Waals surface area (Å²) in [5, 5.41) is 14.7. The first kappa shape index (κ1) is 7.09. The fraction of sp³-hybridized carbons (Fsp3) is 0.250. The van der Waals surface area contributed by atoms with Crippen molar-refractivity contribution < 1.29 is 9.53 Å². The van der Waals surface area contributed by atoms with E-state index in [0.717, 1.165) is 11.1 Å². The van der Waals surface area contributed by atoms with Crippen molar-refractivity contribution in [3.8, 4) is 0 Å². The van der Waals surface area contributed by atoms with Crippen LogP contribution in [0.4, 0.5) is 0 Å². The summed E-state index contributed by atoms with van der Waals surface area (Å²) in [6.07, 6.45) is 0. The Kier molecular flexibility index (Phi) is 1.30. The molecule has 0 spiro atoms. The van der Waals surface area contributed by atoms with Crippen molar-refractivity contribution in [2.45, 2.75) is 13.8 Å². The Labute approximate surface area is 68.9 Å². The van der Waals surface area contributed by atoms with Gasteiger partial charge in [0.2, 0.25) is 5.52 Å². The van der Waals surface area contributed by atoms with Gasteiger partial charge in [0, 0.05) is 16.3 Å². The molecular weight excluding hydrogens is 156 g/mol. The summed E-state index contributed by atoms with van der Waals surface area (Å²) >= 11 is 0. The van der Waals surface area contributed by atoms with Crippen LogP contribution in [0.25, 0.3) is 11.0 Å². The fourth-order valence-corrected chi connectivity index (χ4v) is 1.25. The monoisotopic (exact) mass is 164 g/mol. The van der Waals surface area contributed by atoms with E-state index >= 15 is 0 Å². The Morgan fingerprint density at radius 2 is 2.00 bits per heavy atom. The van der Waals surface area contributed by atoms with Gasteiger partial charge in [0.1, 0.15) is 0 Å². The maximum atomic E-state index is 11.0. The molecule has 0 aliphatic carbocycles. The number of rotatable bonds is 0. The molecule has 0 bridgehead atoms. The molecule has 12 heavy (non-hydrogen) atoms. The summed E-state index contributed by atoms with van der Waals surface area (Å²) in [7, 11) is 0. The summed E-state index contributed by atoms with van der Waals surface area (Å²) in [4.78, 5) is 0.442. The molecule has 4 heteroatoms. The predicted molar refractivity (Wildman–Crippen MR) is 42.4 cm³/mol. The van der Waals surface area contributed by atoms with Gasteiger partial charge in [-0.15, -0.1) is 0 Å². The lowest BCUT2D eigenvalue weighted by molar-refractivity contribution is -0.782. The van der Waals surface area contributed by atoms with Gasteiger partial charge in [-0.05, 0) is 18.8 Å². The van der Waals surface area contributed by atoms with Gasteiger partial charge in [0.15, 0.2) is 0 Å². The molecule has 0 N–H and O–H groups in total. The lowest BCUT2D eigenvalue weighted by Crippen LogP contribution is -2.23. The van der Waals surface area contributed by atoms with E-state index in [2.05, 4.69) is 9.79 Å². The molecule has 0 saturated carbocycles. The maximum Gasteiger partial charge on any atom is 0.251 e. The average Bonchev–Trinajstić information content (AvgIpc) is 2.42. The van der Waals surface area contributed by atoms with E-state index < -0.39 is 0 Å². The van der Waals surface area contributed by atoms with Crippen LogP contribution >= 0.6 is 0 Å². The normalized spacial score (nSPS) is 10.8. The Morgan fingerprint density at radius 3 is 2.67 bits per heavy atom. The van der Waals surface area contributed by atoms with E-state index in [-0.39, 0.29) is 0 Å². The molecule has 1 heterocycles. The van der Waals surface area contributed by atoms with Crippen LogP contribution in [0.3, 0.4) is 0 Å². The minimum atomic E-state index is 0.442. The van der Waals surface area contributed by atoms with Gasteiger partial charge in [-0.2, -0.15) is 0 Å². The molecule has 0 fully saturated rings. The molecule has 0 unspecified atom stereocenters. The quantitative estimate of drug-likeness (QED) is 0.547. The standard InChI is InChI=1S/C8H8N2O2/c1-5-3-4-6(2)8-7(5)9-12-10(8)11/h3-4H,1-2H3. The van der Waals surface area contributed by atoms with Gasteiger partial charge in [0.25, 0.3) is 5.52 Å². The molecule has 0 saturated heterocycles. The van der Waals surface area contributed by atoms with Gasteiger partial charge >= 0.3 is 0 Å². The first-order chi connectivity index (χ1) is 5.70. The van der Waals surface area contributed by atoms with Crippen LogP contribution in [-0.2, 0) is 0 Å². The van der Waals surface area contributed by atoms with Gasteiger partial charge in [-0.1, -0.05) is 12.1 Å². The Bertz CT molecular complexity index is 434. The summed E-state index contributed by atoms with van der Waals surface area (Å²) in [6.45, 7) is 3.75. The first-order valence-corrected chi connectivity index (χ1v) is 3.66. The zero-order chi connectivity index (χ0) is 8.72. The number of nitrogens with zero attached hydrogens (tertiary/aromatic N) is 2. The number of fused-ring (bicyclic) bond motifs is 1. The molecule has 62 valence electrons. The molecule has 0 amide bonds. The molecule has 4 nitrogen and oxygen atoms in total. The third-order valence-electron chi connectivity index (χ3n) is 1.94. The molecule has 0 aliphatic heterocycles. The molecule has 1 aromatic carbocycles. The molecule has 2 aromatic rings. The molecule has 0 atom stereocenters. The summed E-state index contributed by atoms with van der Waals surface area (Å²) in [6, 6.07) is 3.80. The van der Waals surface area contributed by atoms with Crippen molar-refractivity contribution >= 4 is 11.0 Å². The van der Waals surface area contributed by atoms with Gasteiger partial charge in [0.05, 0.1) is 0 Å². The second-order valence-corrected chi connectivity index (χ2v) is 2.83.